The third-order valence-corrected chi connectivity index (χ3v) is 6.32. The number of aromatic nitrogens is 2. The summed E-state index contributed by atoms with van der Waals surface area (Å²) in [6.07, 6.45) is 1.10. The second-order valence-electron chi connectivity index (χ2n) is 5.61. The Morgan fingerprint density at radius 2 is 2.18 bits per heavy atom. The van der Waals surface area contributed by atoms with Crippen molar-refractivity contribution in [2.75, 3.05) is 13.1 Å². The Labute approximate surface area is 137 Å². The fourth-order valence-electron chi connectivity index (χ4n) is 2.44. The summed E-state index contributed by atoms with van der Waals surface area (Å²) in [7, 11) is 0. The first-order chi connectivity index (χ1) is 10.5. The number of hydrogen-bond donors (Lipinski definition) is 1. The smallest absolute Gasteiger partial charge is 0.259 e. The van der Waals surface area contributed by atoms with E-state index in [4.69, 9.17) is 0 Å². The lowest BCUT2D eigenvalue weighted by atomic mass is 10.2. The summed E-state index contributed by atoms with van der Waals surface area (Å²) in [5.74, 6) is 1.37. The van der Waals surface area contributed by atoms with Gasteiger partial charge in [0.2, 0.25) is 5.91 Å². The third-order valence-electron chi connectivity index (χ3n) is 4.07. The number of amides is 1. The van der Waals surface area contributed by atoms with Crippen molar-refractivity contribution in [2.24, 2.45) is 0 Å². The molecule has 1 N–H and O–H groups in total. The molecule has 0 aromatic carbocycles. The van der Waals surface area contributed by atoms with E-state index in [1.54, 1.807) is 11.3 Å². The van der Waals surface area contributed by atoms with Gasteiger partial charge in [0, 0.05) is 18.0 Å². The lowest BCUT2D eigenvalue weighted by molar-refractivity contribution is -0.133. The molecule has 3 rings (SSSR count). The first kappa shape index (κ1) is 15.6. The Morgan fingerprint density at radius 1 is 1.45 bits per heavy atom. The van der Waals surface area contributed by atoms with Crippen LogP contribution in [0, 0.1) is 13.8 Å². The van der Waals surface area contributed by atoms with Crippen LogP contribution in [0.3, 0.4) is 0 Å². The number of carbonyl (C=O) groups excluding carboxylic acids is 1. The number of likely N-dealkylation sites (tertiary alicyclic amines) is 1. The summed E-state index contributed by atoms with van der Waals surface area (Å²) < 4.78 is 0. The maximum atomic E-state index is 12.2. The number of aryl methyl sites for hydroxylation is 2. The van der Waals surface area contributed by atoms with Gasteiger partial charge in [0.25, 0.3) is 5.56 Å². The van der Waals surface area contributed by atoms with Crippen molar-refractivity contribution in [3.05, 3.63) is 26.6 Å². The number of nitrogens with zero attached hydrogens (tertiary/aromatic N) is 2. The van der Waals surface area contributed by atoms with Gasteiger partial charge in [0.05, 0.1) is 16.4 Å². The molecule has 2 aromatic rings. The molecular formula is C15H19N3O2S2. The fraction of sp³-hybridized carbons (Fsp3) is 0.533. The van der Waals surface area contributed by atoms with Gasteiger partial charge in [-0.05, 0) is 32.8 Å². The van der Waals surface area contributed by atoms with E-state index in [0.717, 1.165) is 34.8 Å². The maximum absolute atomic E-state index is 12.2. The highest BCUT2D eigenvalue weighted by Gasteiger charge is 2.25. The molecule has 118 valence electrons. The molecule has 1 aliphatic heterocycles. The van der Waals surface area contributed by atoms with Crippen molar-refractivity contribution >= 4 is 39.2 Å². The van der Waals surface area contributed by atoms with Crippen LogP contribution >= 0.6 is 23.1 Å². The second kappa shape index (κ2) is 6.04. The standard InChI is InChI=1S/C15H19N3O2S2/c1-8-9(2)22-14-12(8)13(19)16-11(17-14)7-21-10(3)15(20)18-5-4-6-18/h10H,4-7H2,1-3H3,(H,16,17,19). The van der Waals surface area contributed by atoms with Crippen molar-refractivity contribution in [3.63, 3.8) is 0 Å². The minimum absolute atomic E-state index is 0.0795. The molecule has 0 aliphatic carbocycles. The zero-order valence-electron chi connectivity index (χ0n) is 12.9. The molecule has 1 fully saturated rings. The Hall–Kier alpha value is -1.34. The van der Waals surface area contributed by atoms with Crippen molar-refractivity contribution in [2.45, 2.75) is 38.2 Å². The number of thiophene rings is 1. The van der Waals surface area contributed by atoms with E-state index < -0.39 is 0 Å². The van der Waals surface area contributed by atoms with Crippen LogP contribution in [0.1, 0.15) is 29.6 Å². The van der Waals surface area contributed by atoms with Crippen LogP contribution in [-0.2, 0) is 10.5 Å². The number of hydrogen-bond acceptors (Lipinski definition) is 5. The average Bonchev–Trinajstić information content (AvgIpc) is 2.69. The van der Waals surface area contributed by atoms with Gasteiger partial charge < -0.3 is 9.88 Å². The molecule has 0 saturated carbocycles. The minimum atomic E-state index is -0.104. The summed E-state index contributed by atoms with van der Waals surface area (Å²) in [6, 6.07) is 0. The second-order valence-corrected chi connectivity index (χ2v) is 8.14. The Bertz CT molecular complexity index is 777. The van der Waals surface area contributed by atoms with Crippen LogP contribution in [0.4, 0.5) is 0 Å². The number of aromatic amines is 1. The number of nitrogens with one attached hydrogen (secondary N) is 1. The van der Waals surface area contributed by atoms with Crippen molar-refractivity contribution < 1.29 is 4.79 Å². The van der Waals surface area contributed by atoms with Gasteiger partial charge in [-0.3, -0.25) is 9.59 Å². The Kier molecular flexibility index (Phi) is 4.27. The van der Waals surface area contributed by atoms with Gasteiger partial charge in [0.1, 0.15) is 10.7 Å². The van der Waals surface area contributed by atoms with Crippen LogP contribution in [-0.4, -0.2) is 39.1 Å². The first-order valence-corrected chi connectivity index (χ1v) is 9.23. The predicted octanol–water partition coefficient (Wildman–Crippen LogP) is 2.46. The molecule has 2 aromatic heterocycles. The molecule has 1 unspecified atom stereocenters. The van der Waals surface area contributed by atoms with E-state index >= 15 is 0 Å². The molecule has 0 bridgehead atoms. The lowest BCUT2D eigenvalue weighted by Gasteiger charge is -2.32. The molecule has 22 heavy (non-hydrogen) atoms. The van der Waals surface area contributed by atoms with Gasteiger partial charge >= 0.3 is 0 Å². The number of rotatable bonds is 4. The Morgan fingerprint density at radius 3 is 2.82 bits per heavy atom. The molecule has 1 saturated heterocycles. The molecule has 5 nitrogen and oxygen atoms in total. The number of carbonyl (C=O) groups is 1. The van der Waals surface area contributed by atoms with Crippen LogP contribution in [0.5, 0.6) is 0 Å². The van der Waals surface area contributed by atoms with Crippen LogP contribution in [0.25, 0.3) is 10.2 Å². The van der Waals surface area contributed by atoms with E-state index in [1.807, 2.05) is 25.7 Å². The SMILES string of the molecule is Cc1sc2nc(CSC(C)C(=O)N3CCC3)[nH]c(=O)c2c1C. The summed E-state index contributed by atoms with van der Waals surface area (Å²) in [5.41, 5.74) is 0.929. The topological polar surface area (TPSA) is 66.1 Å². The number of fused-ring (bicyclic) bond motifs is 1. The van der Waals surface area contributed by atoms with E-state index in [2.05, 4.69) is 9.97 Å². The molecule has 0 radical (unpaired) electrons. The highest BCUT2D eigenvalue weighted by molar-refractivity contribution is 7.99. The quantitative estimate of drug-likeness (QED) is 0.931. The van der Waals surface area contributed by atoms with Crippen molar-refractivity contribution in [1.29, 1.82) is 0 Å². The van der Waals surface area contributed by atoms with Gasteiger partial charge in [-0.25, -0.2) is 4.98 Å². The van der Waals surface area contributed by atoms with Gasteiger partial charge in [-0.2, -0.15) is 0 Å². The minimum Gasteiger partial charge on any atom is -0.342 e. The van der Waals surface area contributed by atoms with Crippen molar-refractivity contribution in [3.8, 4) is 0 Å². The monoisotopic (exact) mass is 337 g/mol. The van der Waals surface area contributed by atoms with Crippen LogP contribution < -0.4 is 5.56 Å². The molecule has 1 atom stereocenters. The fourth-order valence-corrected chi connectivity index (χ4v) is 4.32. The largest absolute Gasteiger partial charge is 0.342 e. The van der Waals surface area contributed by atoms with E-state index in [0.29, 0.717) is 17.0 Å². The summed E-state index contributed by atoms with van der Waals surface area (Å²) in [4.78, 5) is 35.5. The van der Waals surface area contributed by atoms with Crippen molar-refractivity contribution in [1.82, 2.24) is 14.9 Å². The Balaban J connectivity index is 1.74. The van der Waals surface area contributed by atoms with Crippen LogP contribution in [0.15, 0.2) is 4.79 Å². The molecule has 0 spiro atoms. The van der Waals surface area contributed by atoms with E-state index in [9.17, 15) is 9.59 Å². The maximum Gasteiger partial charge on any atom is 0.259 e. The number of H-pyrrole nitrogens is 1. The molecular weight excluding hydrogens is 318 g/mol. The predicted molar refractivity (Wildman–Crippen MR) is 91.7 cm³/mol. The molecule has 1 aliphatic rings. The lowest BCUT2D eigenvalue weighted by Crippen LogP contribution is -2.45. The molecule has 7 heteroatoms. The third kappa shape index (κ3) is 2.79. The highest BCUT2D eigenvalue weighted by Crippen LogP contribution is 2.27. The van der Waals surface area contributed by atoms with E-state index in [1.165, 1.54) is 11.8 Å². The summed E-state index contributed by atoms with van der Waals surface area (Å²) in [5, 5.41) is 0.592. The van der Waals surface area contributed by atoms with Gasteiger partial charge in [0.15, 0.2) is 0 Å². The molecule has 1 amide bonds. The summed E-state index contributed by atoms with van der Waals surface area (Å²) >= 11 is 3.07. The van der Waals surface area contributed by atoms with E-state index in [-0.39, 0.29) is 16.7 Å². The highest BCUT2D eigenvalue weighted by atomic mass is 32.2. The molecule has 3 heterocycles. The van der Waals surface area contributed by atoms with Gasteiger partial charge in [-0.1, -0.05) is 0 Å². The number of thioether (sulfide) groups is 1. The average molecular weight is 337 g/mol. The van der Waals surface area contributed by atoms with Crippen LogP contribution in [0.2, 0.25) is 0 Å². The first-order valence-electron chi connectivity index (χ1n) is 7.36. The normalized spacial score (nSPS) is 15.9. The van der Waals surface area contributed by atoms with Gasteiger partial charge in [-0.15, -0.1) is 23.1 Å². The zero-order chi connectivity index (χ0) is 15.9. The zero-order valence-corrected chi connectivity index (χ0v) is 14.6. The summed E-state index contributed by atoms with van der Waals surface area (Å²) in [6.45, 7) is 7.62.